The van der Waals surface area contributed by atoms with E-state index in [0.717, 1.165) is 16.8 Å². The van der Waals surface area contributed by atoms with E-state index in [9.17, 15) is 4.79 Å². The zero-order valence-electron chi connectivity index (χ0n) is 14.1. The van der Waals surface area contributed by atoms with E-state index in [2.05, 4.69) is 20.4 Å². The third-order valence-corrected chi connectivity index (χ3v) is 3.55. The van der Waals surface area contributed by atoms with Crippen LogP contribution in [0.1, 0.15) is 17.5 Å². The number of carbonyl (C=O) groups is 1. The van der Waals surface area contributed by atoms with Crippen LogP contribution in [0.25, 0.3) is 0 Å². The molecule has 128 valence electrons. The molecule has 7 nitrogen and oxygen atoms in total. The maximum absolute atomic E-state index is 12.1. The second-order valence-corrected chi connectivity index (χ2v) is 5.69. The van der Waals surface area contributed by atoms with Crippen LogP contribution in [0.3, 0.4) is 0 Å². The summed E-state index contributed by atoms with van der Waals surface area (Å²) < 4.78 is 7.34. The van der Waals surface area contributed by atoms with Gasteiger partial charge in [0.15, 0.2) is 0 Å². The van der Waals surface area contributed by atoms with Gasteiger partial charge >= 0.3 is 6.01 Å². The minimum absolute atomic E-state index is 0.0590. The van der Waals surface area contributed by atoms with E-state index in [1.54, 1.807) is 35.4 Å². The van der Waals surface area contributed by atoms with Gasteiger partial charge in [-0.2, -0.15) is 5.10 Å². The largest absolute Gasteiger partial charge is 0.424 e. The predicted octanol–water partition coefficient (Wildman–Crippen LogP) is 3.11. The fraction of sp³-hybridized carbons (Fsp3) is 0.222. The van der Waals surface area contributed by atoms with Crippen molar-refractivity contribution >= 4 is 11.6 Å². The highest BCUT2D eigenvalue weighted by molar-refractivity contribution is 5.91. The normalized spacial score (nSPS) is 10.5. The molecule has 0 aliphatic heterocycles. The van der Waals surface area contributed by atoms with Gasteiger partial charge in [-0.25, -0.2) is 9.97 Å². The molecule has 1 aromatic carbocycles. The summed E-state index contributed by atoms with van der Waals surface area (Å²) in [6.07, 6.45) is 7.28. The van der Waals surface area contributed by atoms with Gasteiger partial charge in [0.1, 0.15) is 5.75 Å². The molecular weight excluding hydrogens is 318 g/mol. The predicted molar refractivity (Wildman–Crippen MR) is 93.5 cm³/mol. The second kappa shape index (κ2) is 7.57. The van der Waals surface area contributed by atoms with Crippen LogP contribution in [-0.2, 0) is 11.3 Å². The molecule has 0 aliphatic rings. The van der Waals surface area contributed by atoms with Crippen LogP contribution in [0.5, 0.6) is 11.8 Å². The van der Waals surface area contributed by atoms with Gasteiger partial charge in [-0.1, -0.05) is 0 Å². The Morgan fingerprint density at radius 2 is 2.04 bits per heavy atom. The van der Waals surface area contributed by atoms with Crippen LogP contribution >= 0.6 is 0 Å². The maximum Gasteiger partial charge on any atom is 0.321 e. The number of anilines is 1. The van der Waals surface area contributed by atoms with Crippen molar-refractivity contribution in [3.8, 4) is 11.8 Å². The van der Waals surface area contributed by atoms with Crippen molar-refractivity contribution in [2.75, 3.05) is 5.32 Å². The number of ether oxygens (including phenoxy) is 1. The first-order valence-corrected chi connectivity index (χ1v) is 7.94. The minimum Gasteiger partial charge on any atom is -0.424 e. The number of nitrogens with one attached hydrogen (secondary N) is 1. The highest BCUT2D eigenvalue weighted by atomic mass is 16.5. The molecule has 1 amide bonds. The van der Waals surface area contributed by atoms with Crippen LogP contribution < -0.4 is 10.1 Å². The number of benzene rings is 1. The summed E-state index contributed by atoms with van der Waals surface area (Å²) in [6, 6.07) is 7.43. The summed E-state index contributed by atoms with van der Waals surface area (Å²) in [5, 5.41) is 7.08. The molecule has 0 bridgehead atoms. The zero-order chi connectivity index (χ0) is 17.6. The SMILES string of the molecule is Cc1cnn(CCC(=O)Nc2ccc(Oc3ncccn3)cc2C)c1. The Balaban J connectivity index is 1.58. The average Bonchev–Trinajstić information content (AvgIpc) is 3.02. The molecule has 0 atom stereocenters. The van der Waals surface area contributed by atoms with Crippen molar-refractivity contribution in [2.45, 2.75) is 26.8 Å². The lowest BCUT2D eigenvalue weighted by molar-refractivity contribution is -0.116. The van der Waals surface area contributed by atoms with Crippen LogP contribution in [0.2, 0.25) is 0 Å². The van der Waals surface area contributed by atoms with Gasteiger partial charge in [0.25, 0.3) is 0 Å². The molecule has 3 rings (SSSR count). The first-order valence-electron chi connectivity index (χ1n) is 7.94. The number of hydrogen-bond donors (Lipinski definition) is 1. The lowest BCUT2D eigenvalue weighted by Gasteiger charge is -2.10. The molecule has 0 unspecified atom stereocenters. The van der Waals surface area contributed by atoms with E-state index in [4.69, 9.17) is 4.74 Å². The highest BCUT2D eigenvalue weighted by Crippen LogP contribution is 2.24. The van der Waals surface area contributed by atoms with Crippen molar-refractivity contribution in [3.05, 3.63) is 60.2 Å². The maximum atomic E-state index is 12.1. The van der Waals surface area contributed by atoms with Gasteiger partial charge in [0.2, 0.25) is 5.91 Å². The first-order chi connectivity index (χ1) is 12.1. The van der Waals surface area contributed by atoms with Gasteiger partial charge in [0, 0.05) is 37.2 Å². The van der Waals surface area contributed by atoms with E-state index in [0.29, 0.717) is 18.7 Å². The molecule has 0 aliphatic carbocycles. The van der Waals surface area contributed by atoms with Gasteiger partial charge in [-0.15, -0.1) is 0 Å². The fourth-order valence-corrected chi connectivity index (χ4v) is 2.30. The number of carbonyl (C=O) groups excluding carboxylic acids is 1. The molecule has 0 saturated carbocycles. The molecular formula is C18H19N5O2. The van der Waals surface area contributed by atoms with Crippen LogP contribution in [-0.4, -0.2) is 25.7 Å². The Kier molecular flexibility index (Phi) is 5.03. The standard InChI is InChI=1S/C18H19N5O2/c1-13-11-21-23(12-13)9-6-17(24)22-16-5-4-15(10-14(16)2)25-18-19-7-3-8-20-18/h3-5,7-8,10-12H,6,9H2,1-2H3,(H,22,24). The van der Waals surface area contributed by atoms with E-state index in [1.165, 1.54) is 0 Å². The lowest BCUT2D eigenvalue weighted by atomic mass is 10.2. The van der Waals surface area contributed by atoms with E-state index < -0.39 is 0 Å². The summed E-state index contributed by atoms with van der Waals surface area (Å²) in [6.45, 7) is 4.42. The second-order valence-electron chi connectivity index (χ2n) is 5.69. The summed E-state index contributed by atoms with van der Waals surface area (Å²) in [7, 11) is 0. The summed E-state index contributed by atoms with van der Waals surface area (Å²) >= 11 is 0. The van der Waals surface area contributed by atoms with Crippen molar-refractivity contribution in [3.63, 3.8) is 0 Å². The number of aryl methyl sites for hydroxylation is 3. The molecule has 1 N–H and O–H groups in total. The van der Waals surface area contributed by atoms with Crippen LogP contribution in [0, 0.1) is 13.8 Å². The Labute approximate surface area is 145 Å². The molecule has 0 fully saturated rings. The number of hydrogen-bond acceptors (Lipinski definition) is 5. The van der Waals surface area contributed by atoms with Gasteiger partial charge < -0.3 is 10.1 Å². The number of nitrogens with zero attached hydrogens (tertiary/aromatic N) is 4. The topological polar surface area (TPSA) is 81.9 Å². The van der Waals surface area contributed by atoms with Gasteiger partial charge in [-0.05, 0) is 49.2 Å². The first kappa shape index (κ1) is 16.6. The molecule has 3 aromatic rings. The molecule has 0 radical (unpaired) electrons. The average molecular weight is 337 g/mol. The Morgan fingerprint density at radius 1 is 1.24 bits per heavy atom. The van der Waals surface area contributed by atoms with Gasteiger partial charge in [0.05, 0.1) is 6.20 Å². The van der Waals surface area contributed by atoms with Crippen molar-refractivity contribution < 1.29 is 9.53 Å². The molecule has 2 aromatic heterocycles. The van der Waals surface area contributed by atoms with Crippen molar-refractivity contribution in [1.82, 2.24) is 19.7 Å². The van der Waals surface area contributed by atoms with Crippen molar-refractivity contribution in [2.24, 2.45) is 0 Å². The Bertz CT molecular complexity index is 861. The third kappa shape index (κ3) is 4.63. The molecule has 25 heavy (non-hydrogen) atoms. The van der Waals surface area contributed by atoms with Crippen molar-refractivity contribution in [1.29, 1.82) is 0 Å². The lowest BCUT2D eigenvalue weighted by Crippen LogP contribution is -2.15. The van der Waals surface area contributed by atoms with E-state index in [-0.39, 0.29) is 11.9 Å². The number of amides is 1. The summed E-state index contributed by atoms with van der Waals surface area (Å²) in [5.41, 5.74) is 2.73. The number of rotatable bonds is 6. The monoisotopic (exact) mass is 337 g/mol. The summed E-state index contributed by atoms with van der Waals surface area (Å²) in [4.78, 5) is 20.2. The van der Waals surface area contributed by atoms with Gasteiger partial charge in [-0.3, -0.25) is 9.48 Å². The minimum atomic E-state index is -0.0590. The Hall–Kier alpha value is -3.22. The van der Waals surface area contributed by atoms with Crippen LogP contribution in [0.4, 0.5) is 5.69 Å². The molecule has 7 heteroatoms. The quantitative estimate of drug-likeness (QED) is 0.747. The number of aromatic nitrogens is 4. The highest BCUT2D eigenvalue weighted by Gasteiger charge is 2.08. The smallest absolute Gasteiger partial charge is 0.321 e. The molecule has 0 saturated heterocycles. The zero-order valence-corrected chi connectivity index (χ0v) is 14.1. The summed E-state index contributed by atoms with van der Waals surface area (Å²) in [5.74, 6) is 0.560. The van der Waals surface area contributed by atoms with Crippen LogP contribution in [0.15, 0.2) is 49.1 Å². The third-order valence-electron chi connectivity index (χ3n) is 3.55. The molecule has 2 heterocycles. The fourth-order valence-electron chi connectivity index (χ4n) is 2.30. The Morgan fingerprint density at radius 3 is 2.72 bits per heavy atom. The van der Waals surface area contributed by atoms with E-state index >= 15 is 0 Å². The van der Waals surface area contributed by atoms with E-state index in [1.807, 2.05) is 32.2 Å². The molecule has 0 spiro atoms.